The summed E-state index contributed by atoms with van der Waals surface area (Å²) in [5.41, 5.74) is 1.64. The molecule has 0 spiro atoms. The average Bonchev–Trinajstić information content (AvgIpc) is 3.21. The van der Waals surface area contributed by atoms with Crippen LogP contribution in [0.4, 0.5) is 0 Å². The number of hydrogen-bond acceptors (Lipinski definition) is 5. The van der Waals surface area contributed by atoms with Crippen molar-refractivity contribution in [1.82, 2.24) is 5.32 Å². The molecule has 0 saturated heterocycles. The topological polar surface area (TPSA) is 98.5 Å². The van der Waals surface area contributed by atoms with Gasteiger partial charge in [-0.2, -0.15) is 0 Å². The minimum absolute atomic E-state index is 0.0697. The van der Waals surface area contributed by atoms with Crippen molar-refractivity contribution in [2.45, 2.75) is 11.3 Å². The Balaban J connectivity index is 1.75. The molecule has 0 unspecified atom stereocenters. The molecule has 3 N–H and O–H groups in total. The molecule has 0 fully saturated rings. The van der Waals surface area contributed by atoms with E-state index in [1.807, 2.05) is 23.6 Å². The van der Waals surface area contributed by atoms with E-state index in [9.17, 15) is 13.2 Å². The molecule has 1 heterocycles. The predicted octanol–water partition coefficient (Wildman–Crippen LogP) is 3.70. The monoisotopic (exact) mass is 450 g/mol. The molecule has 0 aliphatic heterocycles. The lowest BCUT2D eigenvalue weighted by atomic mass is 10.1. The predicted molar refractivity (Wildman–Crippen MR) is 115 cm³/mol. The highest BCUT2D eigenvalue weighted by Gasteiger charge is 2.17. The van der Waals surface area contributed by atoms with E-state index in [1.54, 1.807) is 24.3 Å². The number of ether oxygens (including phenoxy) is 1. The molecule has 0 aliphatic carbocycles. The number of rotatable bonds is 7. The van der Waals surface area contributed by atoms with Crippen LogP contribution in [0.1, 0.15) is 15.9 Å². The number of carbonyl (C=O) groups is 1. The van der Waals surface area contributed by atoms with E-state index >= 15 is 0 Å². The normalized spacial score (nSPS) is 11.3. The van der Waals surface area contributed by atoms with Gasteiger partial charge in [-0.1, -0.05) is 29.8 Å². The van der Waals surface area contributed by atoms with E-state index < -0.39 is 10.0 Å². The van der Waals surface area contributed by atoms with Gasteiger partial charge in [0.2, 0.25) is 10.0 Å². The lowest BCUT2D eigenvalue weighted by Crippen LogP contribution is -2.26. The highest BCUT2D eigenvalue weighted by molar-refractivity contribution is 7.89. The van der Waals surface area contributed by atoms with Gasteiger partial charge in [-0.3, -0.25) is 4.79 Å². The molecule has 0 atom stereocenters. The Morgan fingerprint density at radius 1 is 1.21 bits per heavy atom. The summed E-state index contributed by atoms with van der Waals surface area (Å²) in [7, 11) is -2.42. The number of carbonyl (C=O) groups excluding carboxylic acids is 1. The van der Waals surface area contributed by atoms with Crippen LogP contribution in [-0.4, -0.2) is 28.0 Å². The summed E-state index contributed by atoms with van der Waals surface area (Å²) in [6, 6.07) is 13.6. The van der Waals surface area contributed by atoms with Crippen LogP contribution in [0.3, 0.4) is 0 Å². The smallest absolute Gasteiger partial charge is 0.255 e. The molecular weight excluding hydrogens is 432 g/mol. The third-order valence-electron chi connectivity index (χ3n) is 4.24. The van der Waals surface area contributed by atoms with Gasteiger partial charge in [-0.25, -0.2) is 13.6 Å². The van der Waals surface area contributed by atoms with E-state index in [1.165, 1.54) is 24.5 Å². The Kier molecular flexibility index (Phi) is 6.59. The minimum atomic E-state index is -3.89. The first-order valence-electron chi connectivity index (χ1n) is 8.61. The molecule has 0 saturated carbocycles. The number of thiophene rings is 1. The molecule has 0 bridgehead atoms. The molecule has 2 aromatic carbocycles. The van der Waals surface area contributed by atoms with E-state index in [0.29, 0.717) is 34.9 Å². The molecule has 0 aliphatic rings. The van der Waals surface area contributed by atoms with Crippen LogP contribution in [-0.2, 0) is 16.4 Å². The summed E-state index contributed by atoms with van der Waals surface area (Å²) in [6.07, 6.45) is 0.432. The molecule has 1 amide bonds. The zero-order valence-corrected chi connectivity index (χ0v) is 17.9. The van der Waals surface area contributed by atoms with Crippen LogP contribution in [0, 0.1) is 0 Å². The maximum atomic E-state index is 12.4. The minimum Gasteiger partial charge on any atom is -0.496 e. The van der Waals surface area contributed by atoms with Gasteiger partial charge < -0.3 is 10.1 Å². The van der Waals surface area contributed by atoms with Crippen LogP contribution >= 0.6 is 22.9 Å². The van der Waals surface area contributed by atoms with Crippen LogP contribution < -0.4 is 15.2 Å². The van der Waals surface area contributed by atoms with Gasteiger partial charge in [-0.05, 0) is 47.7 Å². The Bertz CT molecular complexity index is 1130. The van der Waals surface area contributed by atoms with Gasteiger partial charge >= 0.3 is 0 Å². The van der Waals surface area contributed by atoms with Crippen molar-refractivity contribution in [3.63, 3.8) is 0 Å². The van der Waals surface area contributed by atoms with E-state index in [-0.39, 0.29) is 10.8 Å². The number of hydrogen-bond donors (Lipinski definition) is 2. The molecule has 6 nitrogen and oxygen atoms in total. The summed E-state index contributed by atoms with van der Waals surface area (Å²) in [6.45, 7) is 0.302. The van der Waals surface area contributed by atoms with Crippen LogP contribution in [0.2, 0.25) is 5.02 Å². The second kappa shape index (κ2) is 8.96. The fourth-order valence-electron chi connectivity index (χ4n) is 2.87. The maximum absolute atomic E-state index is 12.4. The van der Waals surface area contributed by atoms with Crippen molar-refractivity contribution >= 4 is 38.9 Å². The largest absolute Gasteiger partial charge is 0.496 e. The van der Waals surface area contributed by atoms with Gasteiger partial charge in [0.15, 0.2) is 0 Å². The van der Waals surface area contributed by atoms with Gasteiger partial charge in [0, 0.05) is 22.0 Å². The highest BCUT2D eigenvalue weighted by atomic mass is 35.5. The number of halogens is 1. The number of sulfonamides is 1. The Hall–Kier alpha value is -2.39. The Morgan fingerprint density at radius 2 is 2.00 bits per heavy atom. The quantitative estimate of drug-likeness (QED) is 0.573. The van der Waals surface area contributed by atoms with Gasteiger partial charge in [0.25, 0.3) is 5.91 Å². The van der Waals surface area contributed by atoms with Crippen molar-refractivity contribution in [3.05, 3.63) is 70.1 Å². The fourth-order valence-corrected chi connectivity index (χ4v) is 4.67. The number of nitrogens with two attached hydrogens (primary N) is 1. The van der Waals surface area contributed by atoms with Crippen molar-refractivity contribution in [1.29, 1.82) is 0 Å². The number of amides is 1. The zero-order chi connectivity index (χ0) is 21.0. The first-order valence-corrected chi connectivity index (χ1v) is 11.4. The highest BCUT2D eigenvalue weighted by Crippen LogP contribution is 2.31. The first kappa shape index (κ1) is 21.3. The lowest BCUT2D eigenvalue weighted by molar-refractivity contribution is 0.0951. The molecule has 3 aromatic rings. The van der Waals surface area contributed by atoms with Gasteiger partial charge in [0.05, 0.1) is 17.6 Å². The van der Waals surface area contributed by atoms with Crippen LogP contribution in [0.15, 0.2) is 58.8 Å². The molecule has 0 radical (unpaired) electrons. The molecule has 9 heteroatoms. The van der Waals surface area contributed by atoms with Gasteiger partial charge in [0.1, 0.15) is 5.75 Å². The summed E-state index contributed by atoms with van der Waals surface area (Å²) in [5.74, 6) is 0.0925. The third kappa shape index (κ3) is 5.16. The fraction of sp³-hybridized carbons (Fsp3) is 0.150. The summed E-state index contributed by atoms with van der Waals surface area (Å²) >= 11 is 7.40. The third-order valence-corrected chi connectivity index (χ3v) is 6.33. The molecular formula is C20H19ClN2O4S2. The summed E-state index contributed by atoms with van der Waals surface area (Å²) < 4.78 is 29.3. The second-order valence-corrected chi connectivity index (χ2v) is 9.12. The zero-order valence-electron chi connectivity index (χ0n) is 15.5. The number of nitrogens with one attached hydrogen (secondary N) is 1. The second-order valence-electron chi connectivity index (χ2n) is 6.20. The standard InChI is InChI=1S/C20H19ClN2O4S2/c1-27-17-7-5-14(21)12-16(17)20(24)23-9-8-13-4-6-15(18-3-2-10-28-18)19(11-13)29(22,25)26/h2-7,10-12H,8-9H2,1H3,(H,23,24)(H2,22,25,26). The maximum Gasteiger partial charge on any atom is 0.255 e. The summed E-state index contributed by atoms with van der Waals surface area (Å²) in [5, 5.41) is 10.5. The number of benzene rings is 2. The number of primary sulfonamides is 1. The lowest BCUT2D eigenvalue weighted by Gasteiger charge is -2.11. The van der Waals surface area contributed by atoms with E-state index in [2.05, 4.69) is 5.32 Å². The van der Waals surface area contributed by atoms with Crippen molar-refractivity contribution in [2.24, 2.45) is 5.14 Å². The molecule has 1 aromatic heterocycles. The Morgan fingerprint density at radius 3 is 2.66 bits per heavy atom. The van der Waals surface area contributed by atoms with Crippen LogP contribution in [0.5, 0.6) is 5.75 Å². The first-order chi connectivity index (χ1) is 13.8. The van der Waals surface area contributed by atoms with Crippen molar-refractivity contribution in [3.8, 4) is 16.2 Å². The van der Waals surface area contributed by atoms with Crippen molar-refractivity contribution < 1.29 is 17.9 Å². The average molecular weight is 451 g/mol. The number of methoxy groups -OCH3 is 1. The summed E-state index contributed by atoms with van der Waals surface area (Å²) in [4.78, 5) is 13.3. The van der Waals surface area contributed by atoms with Crippen molar-refractivity contribution in [2.75, 3.05) is 13.7 Å². The SMILES string of the molecule is COc1ccc(Cl)cc1C(=O)NCCc1ccc(-c2cccs2)c(S(N)(=O)=O)c1. The van der Waals surface area contributed by atoms with Gasteiger partial charge in [-0.15, -0.1) is 11.3 Å². The van der Waals surface area contributed by atoms with E-state index in [0.717, 1.165) is 10.4 Å². The molecule has 29 heavy (non-hydrogen) atoms. The van der Waals surface area contributed by atoms with Crippen LogP contribution in [0.25, 0.3) is 10.4 Å². The van der Waals surface area contributed by atoms with E-state index in [4.69, 9.17) is 21.5 Å². The Labute approximate surface area is 178 Å². The molecule has 152 valence electrons. The molecule has 3 rings (SSSR count).